The highest BCUT2D eigenvalue weighted by atomic mass is 16.5. The van der Waals surface area contributed by atoms with Crippen molar-refractivity contribution < 1.29 is 19.1 Å². The molecule has 0 saturated heterocycles. The maximum atomic E-state index is 11.4. The van der Waals surface area contributed by atoms with Crippen molar-refractivity contribution in [2.45, 2.75) is 38.7 Å². The summed E-state index contributed by atoms with van der Waals surface area (Å²) in [7, 11) is 1.29. The molecule has 20 heavy (non-hydrogen) atoms. The molecule has 0 fully saturated rings. The Balaban J connectivity index is 1.95. The zero-order chi connectivity index (χ0) is 14.6. The van der Waals surface area contributed by atoms with Gasteiger partial charge in [-0.15, -0.1) is 0 Å². The fourth-order valence-corrected chi connectivity index (χ4v) is 1.79. The first-order valence-electron chi connectivity index (χ1n) is 6.92. The predicted molar refractivity (Wildman–Crippen MR) is 76.2 cm³/mol. The molecule has 0 aromatic heterocycles. The van der Waals surface area contributed by atoms with Crippen molar-refractivity contribution in [3.8, 4) is 0 Å². The molecule has 0 aliphatic carbocycles. The number of benzene rings is 1. The number of carbonyl (C=O) groups is 2. The van der Waals surface area contributed by atoms with Crippen LogP contribution < -0.4 is 0 Å². The maximum absolute atomic E-state index is 11.4. The number of esters is 1. The van der Waals surface area contributed by atoms with Crippen LogP contribution >= 0.6 is 0 Å². The van der Waals surface area contributed by atoms with E-state index in [9.17, 15) is 9.59 Å². The summed E-state index contributed by atoms with van der Waals surface area (Å²) in [5.41, 5.74) is 1.17. The Kier molecular flexibility index (Phi) is 8.31. The van der Waals surface area contributed by atoms with Gasteiger partial charge in [-0.3, -0.25) is 9.59 Å². The molecule has 1 rings (SSSR count). The van der Waals surface area contributed by atoms with Crippen LogP contribution in [0, 0.1) is 0 Å². The van der Waals surface area contributed by atoms with Crippen molar-refractivity contribution in [3.05, 3.63) is 35.9 Å². The van der Waals surface area contributed by atoms with Crippen LogP contribution in [0.1, 0.15) is 37.7 Å². The van der Waals surface area contributed by atoms with Gasteiger partial charge in [-0.1, -0.05) is 36.8 Å². The molecule has 0 bridgehead atoms. The maximum Gasteiger partial charge on any atom is 0.313 e. The van der Waals surface area contributed by atoms with Gasteiger partial charge in [-0.05, 0) is 18.4 Å². The minimum Gasteiger partial charge on any atom is -0.469 e. The van der Waals surface area contributed by atoms with Gasteiger partial charge in [-0.25, -0.2) is 0 Å². The molecule has 0 spiro atoms. The van der Waals surface area contributed by atoms with Gasteiger partial charge in [0, 0.05) is 13.0 Å². The largest absolute Gasteiger partial charge is 0.469 e. The van der Waals surface area contributed by atoms with Crippen LogP contribution in [-0.4, -0.2) is 25.5 Å². The van der Waals surface area contributed by atoms with E-state index >= 15 is 0 Å². The molecule has 0 heterocycles. The second-order valence-electron chi connectivity index (χ2n) is 4.64. The van der Waals surface area contributed by atoms with Crippen molar-refractivity contribution >= 4 is 11.8 Å². The molecule has 0 aliphatic rings. The summed E-state index contributed by atoms with van der Waals surface area (Å²) in [5.74, 6) is -0.511. The van der Waals surface area contributed by atoms with Crippen LogP contribution in [0.3, 0.4) is 0 Å². The molecule has 0 amide bonds. The molecule has 0 N–H and O–H groups in total. The average molecular weight is 278 g/mol. The van der Waals surface area contributed by atoms with E-state index in [2.05, 4.69) is 4.74 Å². The lowest BCUT2D eigenvalue weighted by molar-refractivity contribution is -0.143. The topological polar surface area (TPSA) is 52.6 Å². The molecule has 0 aliphatic heterocycles. The number of ether oxygens (including phenoxy) is 2. The normalized spacial score (nSPS) is 10.2. The zero-order valence-electron chi connectivity index (χ0n) is 12.0. The van der Waals surface area contributed by atoms with Gasteiger partial charge in [0.1, 0.15) is 12.2 Å². The smallest absolute Gasteiger partial charge is 0.313 e. The number of rotatable bonds is 10. The quantitative estimate of drug-likeness (QED) is 0.375. The number of hydrogen-bond donors (Lipinski definition) is 0. The minimum atomic E-state index is -0.457. The lowest BCUT2D eigenvalue weighted by Gasteiger charge is -2.04. The summed E-state index contributed by atoms with van der Waals surface area (Å²) < 4.78 is 9.99. The Morgan fingerprint density at radius 1 is 1.05 bits per heavy atom. The van der Waals surface area contributed by atoms with Gasteiger partial charge in [-0.2, -0.15) is 0 Å². The lowest BCUT2D eigenvalue weighted by Crippen LogP contribution is -2.08. The van der Waals surface area contributed by atoms with Crippen LogP contribution in [0.2, 0.25) is 0 Å². The van der Waals surface area contributed by atoms with Crippen molar-refractivity contribution in [1.82, 2.24) is 0 Å². The highest BCUT2D eigenvalue weighted by Crippen LogP contribution is 2.05. The van der Waals surface area contributed by atoms with Crippen molar-refractivity contribution in [3.63, 3.8) is 0 Å². The first kappa shape index (κ1) is 16.4. The van der Waals surface area contributed by atoms with E-state index in [0.717, 1.165) is 19.3 Å². The van der Waals surface area contributed by atoms with E-state index < -0.39 is 5.97 Å². The number of unbranched alkanes of at least 4 members (excludes halogenated alkanes) is 2. The second-order valence-corrected chi connectivity index (χ2v) is 4.64. The Morgan fingerprint density at radius 2 is 1.80 bits per heavy atom. The summed E-state index contributed by atoms with van der Waals surface area (Å²) in [6, 6.07) is 10.0. The van der Waals surface area contributed by atoms with Crippen LogP contribution in [0.15, 0.2) is 30.3 Å². The zero-order valence-corrected chi connectivity index (χ0v) is 12.0. The van der Waals surface area contributed by atoms with Gasteiger partial charge in [0.2, 0.25) is 0 Å². The van der Waals surface area contributed by atoms with Crippen LogP contribution in [-0.2, 0) is 25.7 Å². The third kappa shape index (κ3) is 7.69. The summed E-state index contributed by atoms with van der Waals surface area (Å²) in [6.07, 6.45) is 2.99. The SMILES string of the molecule is COC(=O)CC(=O)CCCCCOCc1ccccc1. The first-order chi connectivity index (χ1) is 9.72. The number of ketones is 1. The van der Waals surface area contributed by atoms with Gasteiger partial charge < -0.3 is 9.47 Å². The number of methoxy groups -OCH3 is 1. The molecule has 0 unspecified atom stereocenters. The van der Waals surface area contributed by atoms with Gasteiger partial charge in [0.05, 0.1) is 13.7 Å². The summed E-state index contributed by atoms with van der Waals surface area (Å²) in [5, 5.41) is 0. The third-order valence-electron chi connectivity index (χ3n) is 2.93. The number of Topliss-reactive ketones (excluding diaryl/α,β-unsaturated/α-hetero) is 1. The number of carbonyl (C=O) groups excluding carboxylic acids is 2. The Hall–Kier alpha value is -1.68. The van der Waals surface area contributed by atoms with Crippen molar-refractivity contribution in [2.75, 3.05) is 13.7 Å². The van der Waals surface area contributed by atoms with E-state index in [0.29, 0.717) is 19.6 Å². The minimum absolute atomic E-state index is 0.0537. The summed E-state index contributed by atoms with van der Waals surface area (Å²) >= 11 is 0. The fraction of sp³-hybridized carbons (Fsp3) is 0.500. The van der Waals surface area contributed by atoms with Gasteiger partial charge in [0.15, 0.2) is 0 Å². The Morgan fingerprint density at radius 3 is 2.50 bits per heavy atom. The van der Waals surface area contributed by atoms with Crippen LogP contribution in [0.5, 0.6) is 0 Å². The van der Waals surface area contributed by atoms with E-state index in [1.807, 2.05) is 30.3 Å². The van der Waals surface area contributed by atoms with E-state index in [4.69, 9.17) is 4.74 Å². The molecule has 4 nitrogen and oxygen atoms in total. The van der Waals surface area contributed by atoms with Gasteiger partial charge >= 0.3 is 5.97 Å². The molecular formula is C16H22O4. The van der Waals surface area contributed by atoms with E-state index in [1.54, 1.807) is 0 Å². The molecule has 110 valence electrons. The Bertz CT molecular complexity index is 400. The molecule has 1 aromatic rings. The van der Waals surface area contributed by atoms with Crippen LogP contribution in [0.4, 0.5) is 0 Å². The lowest BCUT2D eigenvalue weighted by atomic mass is 10.1. The second kappa shape index (κ2) is 10.1. The molecular weight excluding hydrogens is 256 g/mol. The first-order valence-corrected chi connectivity index (χ1v) is 6.92. The molecule has 4 heteroatoms. The standard InChI is InChI=1S/C16H22O4/c1-19-16(18)12-15(17)10-6-3-7-11-20-13-14-8-4-2-5-9-14/h2,4-5,8-9H,3,6-7,10-13H2,1H3. The highest BCUT2D eigenvalue weighted by Gasteiger charge is 2.08. The molecule has 0 radical (unpaired) electrons. The van der Waals surface area contributed by atoms with Crippen LogP contribution in [0.25, 0.3) is 0 Å². The molecule has 0 saturated carbocycles. The van der Waals surface area contributed by atoms with E-state index in [-0.39, 0.29) is 12.2 Å². The predicted octanol–water partition coefficient (Wildman–Crippen LogP) is 2.90. The fourth-order valence-electron chi connectivity index (χ4n) is 1.79. The average Bonchev–Trinajstić information content (AvgIpc) is 2.47. The highest BCUT2D eigenvalue weighted by molar-refractivity contribution is 5.95. The molecule has 1 aromatic carbocycles. The van der Waals surface area contributed by atoms with Crippen molar-refractivity contribution in [2.24, 2.45) is 0 Å². The van der Waals surface area contributed by atoms with E-state index in [1.165, 1.54) is 12.7 Å². The molecule has 0 atom stereocenters. The third-order valence-corrected chi connectivity index (χ3v) is 2.93. The monoisotopic (exact) mass is 278 g/mol. The summed E-state index contributed by atoms with van der Waals surface area (Å²) in [4.78, 5) is 22.2. The summed E-state index contributed by atoms with van der Waals surface area (Å²) in [6.45, 7) is 1.32. The van der Waals surface area contributed by atoms with Crippen molar-refractivity contribution in [1.29, 1.82) is 0 Å². The number of hydrogen-bond acceptors (Lipinski definition) is 4. The van der Waals surface area contributed by atoms with Gasteiger partial charge in [0.25, 0.3) is 0 Å². The Labute approximate surface area is 120 Å².